The molecule has 0 bridgehead atoms. The zero-order chi connectivity index (χ0) is 21.0. The van der Waals surface area contributed by atoms with Crippen molar-refractivity contribution in [2.45, 2.75) is 36.6 Å². The number of anilines is 1. The number of amides is 1. The maximum Gasteiger partial charge on any atom is 0.289 e. The number of nitrogens with one attached hydrogen (secondary N) is 1. The van der Waals surface area contributed by atoms with E-state index < -0.39 is 33.1 Å². The lowest BCUT2D eigenvalue weighted by Crippen LogP contribution is -2.43. The van der Waals surface area contributed by atoms with E-state index in [9.17, 15) is 23.3 Å². The van der Waals surface area contributed by atoms with Crippen molar-refractivity contribution < 1.29 is 18.1 Å². The van der Waals surface area contributed by atoms with Crippen molar-refractivity contribution in [3.8, 4) is 0 Å². The van der Waals surface area contributed by atoms with Gasteiger partial charge in [-0.25, -0.2) is 8.42 Å². The van der Waals surface area contributed by atoms with E-state index in [1.807, 2.05) is 0 Å². The second kappa shape index (κ2) is 8.79. The van der Waals surface area contributed by atoms with Crippen LogP contribution in [0.15, 0.2) is 53.4 Å². The number of nitrogens with zero attached hydrogens (tertiary/aromatic N) is 2. The van der Waals surface area contributed by atoms with E-state index >= 15 is 0 Å². The fourth-order valence-electron chi connectivity index (χ4n) is 3.30. The van der Waals surface area contributed by atoms with E-state index in [1.54, 1.807) is 30.3 Å². The Morgan fingerprint density at radius 1 is 1.17 bits per heavy atom. The molecule has 0 aromatic heterocycles. The molecule has 1 aliphatic carbocycles. The first-order valence-corrected chi connectivity index (χ1v) is 10.9. The van der Waals surface area contributed by atoms with Gasteiger partial charge in [-0.3, -0.25) is 19.2 Å². The standard InChI is InChI=1S/C19H20ClN3O5S/c20-17-11-10-16(12-18(17)23(25)26)29(27,28)22(15-8-2-1-3-9-15)13-19(24)21-14-6-4-5-7-14/h1-3,8-12,14H,4-7,13H2,(H,21,24). The first-order valence-electron chi connectivity index (χ1n) is 9.10. The number of sulfonamides is 1. The van der Waals surface area contributed by atoms with Crippen LogP contribution in [-0.4, -0.2) is 31.8 Å². The van der Waals surface area contributed by atoms with Gasteiger partial charge in [0.2, 0.25) is 5.91 Å². The summed E-state index contributed by atoms with van der Waals surface area (Å²) in [5, 5.41) is 13.9. The minimum atomic E-state index is -4.25. The SMILES string of the molecule is O=C(CN(c1ccccc1)S(=O)(=O)c1ccc(Cl)c([N+](=O)[O-])c1)NC1CCCC1. The molecule has 1 amide bonds. The van der Waals surface area contributed by atoms with Crippen molar-refractivity contribution in [3.05, 3.63) is 63.7 Å². The summed E-state index contributed by atoms with van der Waals surface area (Å²) in [6.07, 6.45) is 3.79. The number of carbonyl (C=O) groups is 1. The van der Waals surface area contributed by atoms with Gasteiger partial charge in [0.1, 0.15) is 11.6 Å². The molecular weight excluding hydrogens is 418 g/mol. The van der Waals surface area contributed by atoms with Crippen LogP contribution in [0.3, 0.4) is 0 Å². The van der Waals surface area contributed by atoms with Crippen molar-refractivity contribution in [1.29, 1.82) is 0 Å². The predicted octanol–water partition coefficient (Wildman–Crippen LogP) is 3.50. The van der Waals surface area contributed by atoms with Gasteiger partial charge in [0.15, 0.2) is 0 Å². The lowest BCUT2D eigenvalue weighted by molar-refractivity contribution is -0.384. The first-order chi connectivity index (χ1) is 13.8. The maximum atomic E-state index is 13.3. The number of nitro benzene ring substituents is 1. The zero-order valence-electron chi connectivity index (χ0n) is 15.5. The number of hydrogen-bond acceptors (Lipinski definition) is 5. The summed E-state index contributed by atoms with van der Waals surface area (Å²) in [5.74, 6) is -0.423. The number of para-hydroxylation sites is 1. The highest BCUT2D eigenvalue weighted by atomic mass is 35.5. The molecule has 8 nitrogen and oxygen atoms in total. The molecule has 1 aliphatic rings. The lowest BCUT2D eigenvalue weighted by Gasteiger charge is -2.25. The molecule has 0 spiro atoms. The van der Waals surface area contributed by atoms with Crippen LogP contribution in [0.1, 0.15) is 25.7 Å². The van der Waals surface area contributed by atoms with E-state index in [4.69, 9.17) is 11.6 Å². The van der Waals surface area contributed by atoms with E-state index in [0.29, 0.717) is 0 Å². The molecule has 0 unspecified atom stereocenters. The molecule has 3 rings (SSSR count). The average molecular weight is 438 g/mol. The molecule has 0 aliphatic heterocycles. The second-order valence-electron chi connectivity index (χ2n) is 6.77. The Morgan fingerprint density at radius 2 is 1.83 bits per heavy atom. The number of carbonyl (C=O) groups excluding carboxylic acids is 1. The normalized spacial score (nSPS) is 14.5. The van der Waals surface area contributed by atoms with Crippen LogP contribution in [-0.2, 0) is 14.8 Å². The largest absolute Gasteiger partial charge is 0.352 e. The van der Waals surface area contributed by atoms with Crippen LogP contribution in [0, 0.1) is 10.1 Å². The maximum absolute atomic E-state index is 13.3. The summed E-state index contributed by atoms with van der Waals surface area (Å²) < 4.78 is 27.5. The van der Waals surface area contributed by atoms with Crippen molar-refractivity contribution in [1.82, 2.24) is 5.32 Å². The number of nitro groups is 1. The molecule has 0 radical (unpaired) electrons. The minimum absolute atomic E-state index is 0.0412. The molecule has 10 heteroatoms. The number of halogens is 1. The summed E-state index contributed by atoms with van der Waals surface area (Å²) in [6, 6.07) is 11.4. The summed E-state index contributed by atoms with van der Waals surface area (Å²) in [5.41, 5.74) is -0.233. The highest BCUT2D eigenvalue weighted by molar-refractivity contribution is 7.92. The molecule has 29 heavy (non-hydrogen) atoms. The summed E-state index contributed by atoms with van der Waals surface area (Å²) in [7, 11) is -4.25. The summed E-state index contributed by atoms with van der Waals surface area (Å²) >= 11 is 5.80. The third kappa shape index (κ3) is 4.86. The highest BCUT2D eigenvalue weighted by Crippen LogP contribution is 2.30. The highest BCUT2D eigenvalue weighted by Gasteiger charge is 2.30. The second-order valence-corrected chi connectivity index (χ2v) is 9.04. The molecule has 0 saturated heterocycles. The molecule has 154 valence electrons. The van der Waals surface area contributed by atoms with Gasteiger partial charge in [-0.1, -0.05) is 42.6 Å². The van der Waals surface area contributed by atoms with Crippen LogP contribution in [0.4, 0.5) is 11.4 Å². The number of benzene rings is 2. The van der Waals surface area contributed by atoms with E-state index in [2.05, 4.69) is 5.32 Å². The van der Waals surface area contributed by atoms with Crippen LogP contribution in [0.25, 0.3) is 0 Å². The monoisotopic (exact) mass is 437 g/mol. The Labute approximate surface area is 173 Å². The number of hydrogen-bond donors (Lipinski definition) is 1. The smallest absolute Gasteiger partial charge is 0.289 e. The van der Waals surface area contributed by atoms with Crippen LogP contribution in [0.5, 0.6) is 0 Å². The molecule has 1 saturated carbocycles. The molecule has 1 fully saturated rings. The third-order valence-electron chi connectivity index (χ3n) is 4.75. The van der Waals surface area contributed by atoms with Gasteiger partial charge in [-0.15, -0.1) is 0 Å². The molecule has 0 atom stereocenters. The van der Waals surface area contributed by atoms with Crippen LogP contribution in [0.2, 0.25) is 5.02 Å². The lowest BCUT2D eigenvalue weighted by atomic mass is 10.2. The summed E-state index contributed by atoms with van der Waals surface area (Å²) in [4.78, 5) is 22.6. The van der Waals surface area contributed by atoms with Crippen molar-refractivity contribution in [2.75, 3.05) is 10.8 Å². The molecular formula is C19H20ClN3O5S. The van der Waals surface area contributed by atoms with Crippen molar-refractivity contribution in [2.24, 2.45) is 0 Å². The quantitative estimate of drug-likeness (QED) is 0.526. The Morgan fingerprint density at radius 3 is 2.45 bits per heavy atom. The van der Waals surface area contributed by atoms with E-state index in [-0.39, 0.29) is 21.6 Å². The van der Waals surface area contributed by atoms with Crippen LogP contribution >= 0.6 is 11.6 Å². The number of rotatable bonds is 7. The van der Waals surface area contributed by atoms with Gasteiger partial charge in [0, 0.05) is 12.1 Å². The topological polar surface area (TPSA) is 110 Å². The first kappa shape index (κ1) is 21.1. The van der Waals surface area contributed by atoms with E-state index in [1.165, 1.54) is 6.07 Å². The summed E-state index contributed by atoms with van der Waals surface area (Å²) in [6.45, 7) is -0.431. The van der Waals surface area contributed by atoms with Gasteiger partial charge >= 0.3 is 0 Å². The van der Waals surface area contributed by atoms with Gasteiger partial charge < -0.3 is 5.32 Å². The van der Waals surface area contributed by atoms with Crippen LogP contribution < -0.4 is 9.62 Å². The van der Waals surface area contributed by atoms with Crippen molar-refractivity contribution in [3.63, 3.8) is 0 Å². The molecule has 0 heterocycles. The molecule has 2 aromatic carbocycles. The Kier molecular flexibility index (Phi) is 6.39. The fraction of sp³-hybridized carbons (Fsp3) is 0.316. The molecule has 1 N–H and O–H groups in total. The Hall–Kier alpha value is -2.65. The average Bonchev–Trinajstić information content (AvgIpc) is 3.19. The van der Waals surface area contributed by atoms with E-state index in [0.717, 1.165) is 42.1 Å². The molecule has 2 aromatic rings. The minimum Gasteiger partial charge on any atom is -0.352 e. The Balaban J connectivity index is 1.95. The Bertz CT molecular complexity index is 1010. The van der Waals surface area contributed by atoms with Gasteiger partial charge in [0.05, 0.1) is 15.5 Å². The van der Waals surface area contributed by atoms with Crippen molar-refractivity contribution >= 4 is 38.9 Å². The van der Waals surface area contributed by atoms with Gasteiger partial charge in [-0.2, -0.15) is 0 Å². The third-order valence-corrected chi connectivity index (χ3v) is 6.84. The van der Waals surface area contributed by atoms with Gasteiger partial charge in [-0.05, 0) is 37.1 Å². The fourth-order valence-corrected chi connectivity index (χ4v) is 4.93. The predicted molar refractivity (Wildman–Crippen MR) is 109 cm³/mol. The zero-order valence-corrected chi connectivity index (χ0v) is 17.0. The van der Waals surface area contributed by atoms with Gasteiger partial charge in [0.25, 0.3) is 15.7 Å².